The van der Waals surface area contributed by atoms with Crippen LogP contribution in [-0.4, -0.2) is 25.1 Å². The first kappa shape index (κ1) is 14.3. The molecule has 2 heterocycles. The molecule has 0 amide bonds. The molecular formula is C16H27N3. The topological polar surface area (TPSA) is 28.2 Å². The molecular weight excluding hydrogens is 234 g/mol. The number of hydrogen-bond acceptors (Lipinski definition) is 3. The maximum absolute atomic E-state index is 4.64. The Hall–Kier alpha value is -1.09. The van der Waals surface area contributed by atoms with Gasteiger partial charge in [0.25, 0.3) is 0 Å². The smallest absolute Gasteiger partial charge is 0.0574 e. The van der Waals surface area contributed by atoms with Gasteiger partial charge in [-0.3, -0.25) is 4.98 Å². The molecule has 0 spiro atoms. The number of pyridine rings is 1. The molecule has 1 aromatic rings. The summed E-state index contributed by atoms with van der Waals surface area (Å²) in [5, 5.41) is 3.31. The van der Waals surface area contributed by atoms with E-state index < -0.39 is 0 Å². The third kappa shape index (κ3) is 3.69. The molecule has 1 aliphatic heterocycles. The molecule has 3 heteroatoms. The maximum Gasteiger partial charge on any atom is 0.0574 e. The number of nitrogens with one attached hydrogen (secondary N) is 1. The second-order valence-corrected chi connectivity index (χ2v) is 5.71. The first-order valence-corrected chi connectivity index (χ1v) is 7.62. The fourth-order valence-corrected chi connectivity index (χ4v) is 2.87. The maximum atomic E-state index is 4.64. The highest BCUT2D eigenvalue weighted by molar-refractivity contribution is 5.44. The van der Waals surface area contributed by atoms with E-state index in [4.69, 9.17) is 0 Å². The van der Waals surface area contributed by atoms with Gasteiger partial charge < -0.3 is 10.2 Å². The summed E-state index contributed by atoms with van der Waals surface area (Å²) >= 11 is 0. The van der Waals surface area contributed by atoms with Crippen LogP contribution in [0.15, 0.2) is 18.3 Å². The Bertz CT molecular complexity index is 370. The van der Waals surface area contributed by atoms with E-state index in [0.29, 0.717) is 6.04 Å². The Labute approximate surface area is 117 Å². The van der Waals surface area contributed by atoms with E-state index >= 15 is 0 Å². The molecule has 0 aromatic carbocycles. The van der Waals surface area contributed by atoms with Crippen molar-refractivity contribution in [2.45, 2.75) is 45.6 Å². The molecule has 1 saturated heterocycles. The summed E-state index contributed by atoms with van der Waals surface area (Å²) in [6.45, 7) is 6.90. The van der Waals surface area contributed by atoms with Crippen LogP contribution in [0.1, 0.15) is 51.3 Å². The van der Waals surface area contributed by atoms with Crippen molar-refractivity contribution in [3.05, 3.63) is 24.0 Å². The van der Waals surface area contributed by atoms with Gasteiger partial charge in [0, 0.05) is 19.1 Å². The van der Waals surface area contributed by atoms with Crippen LogP contribution in [0.25, 0.3) is 0 Å². The molecule has 1 aliphatic rings. The lowest BCUT2D eigenvalue weighted by Gasteiger charge is -2.23. The number of anilines is 1. The average Bonchev–Trinajstić information content (AvgIpc) is 2.66. The Balaban J connectivity index is 2.05. The van der Waals surface area contributed by atoms with Crippen molar-refractivity contribution in [3.8, 4) is 0 Å². The molecule has 2 unspecified atom stereocenters. The number of aromatic nitrogens is 1. The Kier molecular flexibility index (Phi) is 5.20. The minimum atomic E-state index is 0.373. The number of nitrogens with zero attached hydrogens (tertiary/aromatic N) is 2. The Morgan fingerprint density at radius 2 is 2.21 bits per heavy atom. The largest absolute Gasteiger partial charge is 0.370 e. The van der Waals surface area contributed by atoms with E-state index in [9.17, 15) is 0 Å². The minimum absolute atomic E-state index is 0.373. The molecule has 1 N–H and O–H groups in total. The molecule has 106 valence electrons. The molecule has 0 radical (unpaired) electrons. The van der Waals surface area contributed by atoms with Gasteiger partial charge in [0.1, 0.15) is 0 Å². The summed E-state index contributed by atoms with van der Waals surface area (Å²) in [4.78, 5) is 7.13. The highest BCUT2D eigenvalue weighted by Crippen LogP contribution is 2.23. The van der Waals surface area contributed by atoms with Gasteiger partial charge in [-0.2, -0.15) is 0 Å². The highest BCUT2D eigenvalue weighted by Gasteiger charge is 2.15. The molecule has 0 bridgehead atoms. The van der Waals surface area contributed by atoms with E-state index in [1.54, 1.807) is 0 Å². The van der Waals surface area contributed by atoms with Crippen LogP contribution in [0.4, 0.5) is 5.69 Å². The molecule has 2 rings (SSSR count). The SMILES string of the molecule is CCC(NC)c1ccc(N2CCCC(C)CC2)cn1. The van der Waals surface area contributed by atoms with Crippen LogP contribution < -0.4 is 10.2 Å². The van der Waals surface area contributed by atoms with Crippen LogP contribution >= 0.6 is 0 Å². The fraction of sp³-hybridized carbons (Fsp3) is 0.688. The number of rotatable bonds is 4. The zero-order valence-corrected chi connectivity index (χ0v) is 12.5. The lowest BCUT2D eigenvalue weighted by atomic mass is 10.0. The van der Waals surface area contributed by atoms with E-state index in [0.717, 1.165) is 18.0 Å². The number of hydrogen-bond donors (Lipinski definition) is 1. The Morgan fingerprint density at radius 3 is 2.84 bits per heavy atom. The van der Waals surface area contributed by atoms with Crippen molar-refractivity contribution in [2.24, 2.45) is 5.92 Å². The van der Waals surface area contributed by atoms with Gasteiger partial charge in [0.15, 0.2) is 0 Å². The van der Waals surface area contributed by atoms with Crippen LogP contribution in [-0.2, 0) is 0 Å². The monoisotopic (exact) mass is 261 g/mol. The van der Waals surface area contributed by atoms with Gasteiger partial charge in [-0.25, -0.2) is 0 Å². The van der Waals surface area contributed by atoms with Gasteiger partial charge >= 0.3 is 0 Å². The summed E-state index contributed by atoms with van der Waals surface area (Å²) in [5.41, 5.74) is 2.43. The average molecular weight is 261 g/mol. The fourth-order valence-electron chi connectivity index (χ4n) is 2.87. The van der Waals surface area contributed by atoms with Crippen molar-refractivity contribution in [1.29, 1.82) is 0 Å². The van der Waals surface area contributed by atoms with Crippen LogP contribution in [0.5, 0.6) is 0 Å². The van der Waals surface area contributed by atoms with E-state index in [1.807, 2.05) is 13.2 Å². The third-order valence-electron chi connectivity index (χ3n) is 4.27. The molecule has 1 fully saturated rings. The second-order valence-electron chi connectivity index (χ2n) is 5.71. The van der Waals surface area contributed by atoms with Gasteiger partial charge in [0.2, 0.25) is 0 Å². The van der Waals surface area contributed by atoms with Crippen LogP contribution in [0.3, 0.4) is 0 Å². The zero-order valence-electron chi connectivity index (χ0n) is 12.5. The predicted molar refractivity (Wildman–Crippen MR) is 81.6 cm³/mol. The van der Waals surface area contributed by atoms with Crippen LogP contribution in [0, 0.1) is 5.92 Å². The molecule has 19 heavy (non-hydrogen) atoms. The Morgan fingerprint density at radius 1 is 1.37 bits per heavy atom. The summed E-state index contributed by atoms with van der Waals surface area (Å²) in [6.07, 6.45) is 7.09. The lowest BCUT2D eigenvalue weighted by Crippen LogP contribution is -2.24. The summed E-state index contributed by atoms with van der Waals surface area (Å²) in [7, 11) is 2.00. The normalized spacial score (nSPS) is 22.1. The van der Waals surface area contributed by atoms with Gasteiger partial charge in [-0.05, 0) is 50.8 Å². The second kappa shape index (κ2) is 6.90. The van der Waals surface area contributed by atoms with Crippen molar-refractivity contribution in [1.82, 2.24) is 10.3 Å². The first-order valence-electron chi connectivity index (χ1n) is 7.62. The molecule has 2 atom stereocenters. The summed E-state index contributed by atoms with van der Waals surface area (Å²) < 4.78 is 0. The highest BCUT2D eigenvalue weighted by atomic mass is 15.1. The van der Waals surface area contributed by atoms with Gasteiger partial charge in [0.05, 0.1) is 17.6 Å². The van der Waals surface area contributed by atoms with E-state index in [-0.39, 0.29) is 0 Å². The quantitative estimate of drug-likeness (QED) is 0.900. The first-order chi connectivity index (χ1) is 9.24. The van der Waals surface area contributed by atoms with Crippen molar-refractivity contribution < 1.29 is 0 Å². The van der Waals surface area contributed by atoms with E-state index in [1.165, 1.54) is 38.0 Å². The predicted octanol–water partition coefficient (Wildman–Crippen LogP) is 3.38. The lowest BCUT2D eigenvalue weighted by molar-refractivity contribution is 0.521. The summed E-state index contributed by atoms with van der Waals surface area (Å²) in [5.74, 6) is 0.867. The van der Waals surface area contributed by atoms with Crippen molar-refractivity contribution >= 4 is 5.69 Å². The molecule has 0 saturated carbocycles. The van der Waals surface area contributed by atoms with E-state index in [2.05, 4.69) is 41.2 Å². The van der Waals surface area contributed by atoms with Gasteiger partial charge in [-0.1, -0.05) is 13.8 Å². The van der Waals surface area contributed by atoms with Crippen LogP contribution in [0.2, 0.25) is 0 Å². The van der Waals surface area contributed by atoms with Crippen molar-refractivity contribution in [3.63, 3.8) is 0 Å². The molecule has 0 aliphatic carbocycles. The minimum Gasteiger partial charge on any atom is -0.370 e. The standard InChI is InChI=1S/C16H27N3/c1-4-15(17-3)16-8-7-14(12-18-16)19-10-5-6-13(2)9-11-19/h7-8,12-13,15,17H,4-6,9-11H2,1-3H3. The zero-order chi connectivity index (χ0) is 13.7. The molecule has 1 aromatic heterocycles. The van der Waals surface area contributed by atoms with Crippen molar-refractivity contribution in [2.75, 3.05) is 25.0 Å². The summed E-state index contributed by atoms with van der Waals surface area (Å²) in [6, 6.07) is 4.78. The third-order valence-corrected chi connectivity index (χ3v) is 4.27. The molecule has 3 nitrogen and oxygen atoms in total. The van der Waals surface area contributed by atoms with Gasteiger partial charge in [-0.15, -0.1) is 0 Å².